The standard InChI is InChI=1S/C18H32O2.C10H14/c1-3-4-5-6-7-8-9-10-11-12-13-14-15-16-17-20-18(2)19;1-3-5-7-9-10-8-6-4-2/h6-7,10-11H,3-5,8-9,12-17H2,1-2H3;1H,4-8H2,2H3. The first-order chi connectivity index (χ1) is 14.7. The Bertz CT molecular complexity index is 511. The van der Waals surface area contributed by atoms with Crippen molar-refractivity contribution in [3.63, 3.8) is 0 Å². The molecule has 0 saturated carbocycles. The molecule has 2 nitrogen and oxygen atoms in total. The van der Waals surface area contributed by atoms with Crippen LogP contribution in [0.4, 0.5) is 0 Å². The SMILES string of the molecule is C#CCCC#CCCCC.CCCCC=CCCC=CCCCCCCOC(C)=O. The Morgan fingerprint density at radius 1 is 0.733 bits per heavy atom. The van der Waals surface area contributed by atoms with Gasteiger partial charge >= 0.3 is 5.97 Å². The van der Waals surface area contributed by atoms with Crippen LogP contribution < -0.4 is 0 Å². The van der Waals surface area contributed by atoms with Crippen LogP contribution in [-0.4, -0.2) is 12.6 Å². The van der Waals surface area contributed by atoms with Crippen molar-refractivity contribution in [3.05, 3.63) is 24.3 Å². The molecule has 0 N–H and O–H groups in total. The molecule has 0 radical (unpaired) electrons. The van der Waals surface area contributed by atoms with E-state index in [1.54, 1.807) is 0 Å². The van der Waals surface area contributed by atoms with Gasteiger partial charge in [-0.05, 0) is 44.9 Å². The number of esters is 1. The number of unbranched alkanes of at least 4 members (excludes halogenated alkanes) is 10. The molecular formula is C28H46O2. The average Bonchev–Trinajstić information content (AvgIpc) is 2.74. The third-order valence-electron chi connectivity index (χ3n) is 4.30. The molecule has 0 atom stereocenters. The van der Waals surface area contributed by atoms with Crippen molar-refractivity contribution in [1.29, 1.82) is 0 Å². The summed E-state index contributed by atoms with van der Waals surface area (Å²) in [4.78, 5) is 10.5. The fraction of sp³-hybridized carbons (Fsp3) is 0.679. The van der Waals surface area contributed by atoms with E-state index in [1.165, 1.54) is 64.7 Å². The van der Waals surface area contributed by atoms with Crippen molar-refractivity contribution in [1.82, 2.24) is 0 Å². The van der Waals surface area contributed by atoms with Crippen molar-refractivity contribution in [3.8, 4) is 24.2 Å². The number of ether oxygens (including phenoxy) is 1. The lowest BCUT2D eigenvalue weighted by Crippen LogP contribution is -1.99. The highest BCUT2D eigenvalue weighted by Gasteiger charge is 1.92. The molecule has 0 rings (SSSR count). The molecular weight excluding hydrogens is 368 g/mol. The van der Waals surface area contributed by atoms with Crippen LogP contribution in [0.1, 0.15) is 117 Å². The van der Waals surface area contributed by atoms with Crippen molar-refractivity contribution in [2.24, 2.45) is 0 Å². The highest BCUT2D eigenvalue weighted by atomic mass is 16.5. The Labute approximate surface area is 187 Å². The predicted octanol–water partition coefficient (Wildman–Crippen LogP) is 8.18. The lowest BCUT2D eigenvalue weighted by Gasteiger charge is -2.00. The van der Waals surface area contributed by atoms with Gasteiger partial charge in [-0.25, -0.2) is 0 Å². The second-order valence-electron chi connectivity index (χ2n) is 7.37. The first-order valence-corrected chi connectivity index (χ1v) is 12.0. The summed E-state index contributed by atoms with van der Waals surface area (Å²) in [5.41, 5.74) is 0. The molecule has 0 aromatic rings. The van der Waals surface area contributed by atoms with E-state index in [0.29, 0.717) is 6.61 Å². The summed E-state index contributed by atoms with van der Waals surface area (Å²) in [5.74, 6) is 8.49. The van der Waals surface area contributed by atoms with Gasteiger partial charge in [0, 0.05) is 26.2 Å². The zero-order valence-corrected chi connectivity index (χ0v) is 20.0. The van der Waals surface area contributed by atoms with E-state index < -0.39 is 0 Å². The van der Waals surface area contributed by atoms with E-state index in [4.69, 9.17) is 11.2 Å². The maximum atomic E-state index is 10.5. The fourth-order valence-corrected chi connectivity index (χ4v) is 2.50. The first kappa shape index (κ1) is 30.3. The molecule has 0 unspecified atom stereocenters. The maximum Gasteiger partial charge on any atom is 0.302 e. The average molecular weight is 415 g/mol. The van der Waals surface area contributed by atoms with Gasteiger partial charge in [-0.1, -0.05) is 70.3 Å². The topological polar surface area (TPSA) is 26.3 Å². The largest absolute Gasteiger partial charge is 0.466 e. The van der Waals surface area contributed by atoms with Crippen LogP contribution in [0.2, 0.25) is 0 Å². The molecule has 0 saturated heterocycles. The molecule has 0 bridgehead atoms. The highest BCUT2D eigenvalue weighted by molar-refractivity contribution is 5.65. The van der Waals surface area contributed by atoms with Crippen LogP contribution in [0, 0.1) is 24.2 Å². The third kappa shape index (κ3) is 33.6. The Kier molecular flexibility index (Phi) is 29.5. The quantitative estimate of drug-likeness (QED) is 0.110. The van der Waals surface area contributed by atoms with Gasteiger partial charge in [-0.15, -0.1) is 24.2 Å². The van der Waals surface area contributed by atoms with Crippen LogP contribution in [0.5, 0.6) is 0 Å². The van der Waals surface area contributed by atoms with Crippen LogP contribution in [0.15, 0.2) is 24.3 Å². The summed E-state index contributed by atoms with van der Waals surface area (Å²) >= 11 is 0. The summed E-state index contributed by atoms with van der Waals surface area (Å²) in [5, 5.41) is 0. The number of carbonyl (C=O) groups excluding carboxylic acids is 1. The molecule has 0 spiro atoms. The molecule has 170 valence electrons. The molecule has 0 aromatic carbocycles. The summed E-state index contributed by atoms with van der Waals surface area (Å²) in [7, 11) is 0. The van der Waals surface area contributed by atoms with Gasteiger partial charge < -0.3 is 4.74 Å². The first-order valence-electron chi connectivity index (χ1n) is 12.0. The summed E-state index contributed by atoms with van der Waals surface area (Å²) < 4.78 is 4.89. The van der Waals surface area contributed by atoms with Gasteiger partial charge in [0.05, 0.1) is 6.61 Å². The molecule has 30 heavy (non-hydrogen) atoms. The number of allylic oxidation sites excluding steroid dienone is 4. The minimum Gasteiger partial charge on any atom is -0.466 e. The smallest absolute Gasteiger partial charge is 0.302 e. The Balaban J connectivity index is 0. The molecule has 2 heteroatoms. The van der Waals surface area contributed by atoms with E-state index in [0.717, 1.165) is 38.5 Å². The zero-order valence-electron chi connectivity index (χ0n) is 20.0. The molecule has 0 fully saturated rings. The second kappa shape index (κ2) is 29.3. The lowest BCUT2D eigenvalue weighted by molar-refractivity contribution is -0.141. The monoisotopic (exact) mass is 414 g/mol. The van der Waals surface area contributed by atoms with Crippen LogP contribution in [0.25, 0.3) is 0 Å². The molecule has 0 aliphatic heterocycles. The van der Waals surface area contributed by atoms with E-state index in [1.807, 2.05) is 0 Å². The molecule has 0 aliphatic rings. The second-order valence-corrected chi connectivity index (χ2v) is 7.37. The minimum atomic E-state index is -0.170. The van der Waals surface area contributed by atoms with Crippen molar-refractivity contribution in [2.45, 2.75) is 117 Å². The van der Waals surface area contributed by atoms with E-state index in [2.05, 4.69) is 55.9 Å². The Morgan fingerprint density at radius 2 is 1.30 bits per heavy atom. The molecule has 0 aliphatic carbocycles. The number of carbonyl (C=O) groups is 1. The normalized spacial score (nSPS) is 10.2. The van der Waals surface area contributed by atoms with Crippen molar-refractivity contribution >= 4 is 5.97 Å². The van der Waals surface area contributed by atoms with Gasteiger partial charge in [-0.3, -0.25) is 4.79 Å². The highest BCUT2D eigenvalue weighted by Crippen LogP contribution is 2.05. The Hall–Kier alpha value is -1.93. The fourth-order valence-electron chi connectivity index (χ4n) is 2.50. The van der Waals surface area contributed by atoms with Crippen molar-refractivity contribution < 1.29 is 9.53 Å². The van der Waals surface area contributed by atoms with Crippen molar-refractivity contribution in [2.75, 3.05) is 6.61 Å². The molecule has 0 heterocycles. The summed E-state index contributed by atoms with van der Waals surface area (Å²) in [6.07, 6.45) is 31.3. The van der Waals surface area contributed by atoms with E-state index >= 15 is 0 Å². The van der Waals surface area contributed by atoms with Crippen LogP contribution in [-0.2, 0) is 9.53 Å². The third-order valence-corrected chi connectivity index (χ3v) is 4.30. The van der Waals surface area contributed by atoms with Gasteiger partial charge in [-0.2, -0.15) is 0 Å². The summed E-state index contributed by atoms with van der Waals surface area (Å²) in [6, 6.07) is 0. The van der Waals surface area contributed by atoms with E-state index in [-0.39, 0.29) is 5.97 Å². The van der Waals surface area contributed by atoms with Crippen LogP contribution in [0.3, 0.4) is 0 Å². The predicted molar refractivity (Wildman–Crippen MR) is 132 cm³/mol. The minimum absolute atomic E-state index is 0.170. The number of hydrogen-bond donors (Lipinski definition) is 0. The van der Waals surface area contributed by atoms with Gasteiger partial charge in [0.15, 0.2) is 0 Å². The van der Waals surface area contributed by atoms with E-state index in [9.17, 15) is 4.79 Å². The van der Waals surface area contributed by atoms with Gasteiger partial charge in [0.1, 0.15) is 0 Å². The molecule has 0 aromatic heterocycles. The maximum absolute atomic E-state index is 10.5. The Morgan fingerprint density at radius 3 is 1.90 bits per heavy atom. The lowest BCUT2D eigenvalue weighted by atomic mass is 10.1. The molecule has 0 amide bonds. The summed E-state index contributed by atoms with van der Waals surface area (Å²) in [6.45, 7) is 6.44. The number of rotatable bonds is 16. The number of terminal acetylenes is 1. The number of hydrogen-bond acceptors (Lipinski definition) is 2. The van der Waals surface area contributed by atoms with Gasteiger partial charge in [0.2, 0.25) is 0 Å². The van der Waals surface area contributed by atoms with Crippen LogP contribution >= 0.6 is 0 Å². The zero-order chi connectivity index (χ0) is 22.5. The van der Waals surface area contributed by atoms with Gasteiger partial charge in [0.25, 0.3) is 0 Å².